The van der Waals surface area contributed by atoms with Crippen molar-refractivity contribution in [1.29, 1.82) is 0 Å². The Bertz CT molecular complexity index is 870. The predicted molar refractivity (Wildman–Crippen MR) is 122 cm³/mol. The van der Waals surface area contributed by atoms with Crippen molar-refractivity contribution in [3.05, 3.63) is 58.7 Å². The summed E-state index contributed by atoms with van der Waals surface area (Å²) in [7, 11) is 1.86. The average Bonchev–Trinajstić information content (AvgIpc) is 2.74. The first-order valence-corrected chi connectivity index (χ1v) is 11.6. The van der Waals surface area contributed by atoms with E-state index in [0.717, 1.165) is 17.6 Å². The van der Waals surface area contributed by atoms with Gasteiger partial charge in [0.15, 0.2) is 0 Å². The van der Waals surface area contributed by atoms with Crippen molar-refractivity contribution in [2.24, 2.45) is 5.92 Å². The molecule has 1 aliphatic carbocycles. The van der Waals surface area contributed by atoms with Crippen molar-refractivity contribution in [2.75, 3.05) is 13.6 Å². The van der Waals surface area contributed by atoms with E-state index in [0.29, 0.717) is 24.4 Å². The summed E-state index contributed by atoms with van der Waals surface area (Å²) in [5.41, 5.74) is 2.04. The first-order valence-electron chi connectivity index (χ1n) is 10.8. The second-order valence-corrected chi connectivity index (χ2v) is 9.29. The molecule has 3 rings (SSSR count). The maximum Gasteiger partial charge on any atom is 0.226 e. The number of alkyl halides is 1. The van der Waals surface area contributed by atoms with Crippen molar-refractivity contribution in [3.63, 3.8) is 0 Å². The molecule has 1 aromatic carbocycles. The number of halogens is 2. The summed E-state index contributed by atoms with van der Waals surface area (Å²) in [6.07, 6.45) is 7.66. The van der Waals surface area contributed by atoms with Crippen molar-refractivity contribution < 1.29 is 14.7 Å². The third kappa shape index (κ3) is 5.51. The van der Waals surface area contributed by atoms with E-state index in [1.54, 1.807) is 0 Å². The van der Waals surface area contributed by atoms with Gasteiger partial charge in [-0.15, -0.1) is 11.6 Å². The van der Waals surface area contributed by atoms with E-state index in [1.165, 1.54) is 0 Å². The number of nitrogens with one attached hydrogen (secondary N) is 1. The Kier molecular flexibility index (Phi) is 8.20. The summed E-state index contributed by atoms with van der Waals surface area (Å²) in [6, 6.07) is 7.34. The zero-order valence-electron chi connectivity index (χ0n) is 17.9. The van der Waals surface area contributed by atoms with Gasteiger partial charge in [-0.1, -0.05) is 48.9 Å². The van der Waals surface area contributed by atoms with Crippen LogP contribution in [0.25, 0.3) is 0 Å². The van der Waals surface area contributed by atoms with Gasteiger partial charge in [-0.3, -0.25) is 4.79 Å². The van der Waals surface area contributed by atoms with E-state index in [9.17, 15) is 14.7 Å². The third-order valence-electron chi connectivity index (χ3n) is 6.24. The Labute approximate surface area is 194 Å². The van der Waals surface area contributed by atoms with Crippen LogP contribution in [-0.2, 0) is 9.59 Å². The molecule has 5 unspecified atom stereocenters. The SMILES string of the molecule is CCC(CNC)N1C(=O)C(CC(=O)[O-])CC(c2cccc(Cl)c2)C1C1=CCC(Cl)C=C1. The van der Waals surface area contributed by atoms with Crippen LogP contribution in [0.2, 0.25) is 5.02 Å². The van der Waals surface area contributed by atoms with E-state index in [-0.39, 0.29) is 35.7 Å². The summed E-state index contributed by atoms with van der Waals surface area (Å²) in [5.74, 6) is -2.05. The van der Waals surface area contributed by atoms with Gasteiger partial charge in [0.05, 0.1) is 11.4 Å². The number of rotatable bonds is 8. The molecule has 1 heterocycles. The highest BCUT2D eigenvalue weighted by Crippen LogP contribution is 2.43. The highest BCUT2D eigenvalue weighted by molar-refractivity contribution is 6.30. The molecule has 7 heteroatoms. The van der Waals surface area contributed by atoms with Gasteiger partial charge in [0, 0.05) is 35.4 Å². The van der Waals surface area contributed by atoms with E-state index in [2.05, 4.69) is 11.4 Å². The van der Waals surface area contributed by atoms with E-state index in [1.807, 2.05) is 55.3 Å². The monoisotopic (exact) mass is 463 g/mol. The molecule has 1 saturated heterocycles. The van der Waals surface area contributed by atoms with Crippen LogP contribution in [0.5, 0.6) is 0 Å². The minimum atomic E-state index is -1.20. The topological polar surface area (TPSA) is 72.5 Å². The maximum absolute atomic E-state index is 13.6. The predicted octanol–water partition coefficient (Wildman–Crippen LogP) is 3.27. The smallest absolute Gasteiger partial charge is 0.226 e. The lowest BCUT2D eigenvalue weighted by Gasteiger charge is -2.49. The molecule has 1 amide bonds. The summed E-state index contributed by atoms with van der Waals surface area (Å²) in [4.78, 5) is 27.0. The van der Waals surface area contributed by atoms with Crippen LogP contribution in [0, 0.1) is 5.92 Å². The van der Waals surface area contributed by atoms with E-state index in [4.69, 9.17) is 23.2 Å². The third-order valence-corrected chi connectivity index (χ3v) is 6.79. The van der Waals surface area contributed by atoms with Crippen molar-refractivity contribution in [3.8, 4) is 0 Å². The van der Waals surface area contributed by atoms with Gasteiger partial charge in [-0.25, -0.2) is 0 Å². The van der Waals surface area contributed by atoms with Gasteiger partial charge in [-0.05, 0) is 56.0 Å². The first-order chi connectivity index (χ1) is 14.8. The second-order valence-electron chi connectivity index (χ2n) is 8.30. The largest absolute Gasteiger partial charge is 0.550 e. The molecule has 1 fully saturated rings. The van der Waals surface area contributed by atoms with Gasteiger partial charge in [0.2, 0.25) is 5.91 Å². The second kappa shape index (κ2) is 10.7. The van der Waals surface area contributed by atoms with Crippen molar-refractivity contribution >= 4 is 35.1 Å². The van der Waals surface area contributed by atoms with Crippen LogP contribution < -0.4 is 10.4 Å². The van der Waals surface area contributed by atoms with Crippen molar-refractivity contribution in [1.82, 2.24) is 10.2 Å². The molecule has 1 aliphatic heterocycles. The number of likely N-dealkylation sites (tertiary alicyclic amines) is 1. The van der Waals surface area contributed by atoms with Crippen LogP contribution in [0.15, 0.2) is 48.1 Å². The molecule has 5 atom stereocenters. The van der Waals surface area contributed by atoms with E-state index >= 15 is 0 Å². The zero-order valence-corrected chi connectivity index (χ0v) is 19.4. The summed E-state index contributed by atoms with van der Waals surface area (Å²) in [5, 5.41) is 15.2. The summed E-state index contributed by atoms with van der Waals surface area (Å²) in [6.45, 7) is 2.66. The number of carboxylic acid groups (broad SMARTS) is 1. The first kappa shape index (κ1) is 23.8. The van der Waals surface area contributed by atoms with Gasteiger partial charge in [0.25, 0.3) is 0 Å². The van der Waals surface area contributed by atoms with Gasteiger partial charge in [-0.2, -0.15) is 0 Å². The fourth-order valence-electron chi connectivity index (χ4n) is 4.81. The average molecular weight is 464 g/mol. The van der Waals surface area contributed by atoms with Gasteiger partial charge in [0.1, 0.15) is 0 Å². The maximum atomic E-state index is 13.6. The molecule has 0 radical (unpaired) electrons. The highest BCUT2D eigenvalue weighted by atomic mass is 35.5. The zero-order chi connectivity index (χ0) is 22.5. The number of allylic oxidation sites excluding steroid dienone is 2. The summed E-state index contributed by atoms with van der Waals surface area (Å²) < 4.78 is 0. The molecule has 1 N–H and O–H groups in total. The Morgan fingerprint density at radius 3 is 2.74 bits per heavy atom. The molecule has 31 heavy (non-hydrogen) atoms. The number of hydrogen-bond donors (Lipinski definition) is 1. The van der Waals surface area contributed by atoms with Gasteiger partial charge < -0.3 is 20.1 Å². The number of carbonyl (C=O) groups is 2. The Hall–Kier alpha value is -1.82. The number of carboxylic acids is 1. The molecule has 0 saturated carbocycles. The molecule has 2 aliphatic rings. The molecule has 0 spiro atoms. The molecular weight excluding hydrogens is 435 g/mol. The Morgan fingerprint density at radius 1 is 1.39 bits per heavy atom. The Morgan fingerprint density at radius 2 is 2.16 bits per heavy atom. The fourth-order valence-corrected chi connectivity index (χ4v) is 5.17. The molecular formula is C24H29Cl2N2O3-. The number of nitrogens with zero attached hydrogens (tertiary/aromatic N) is 1. The van der Waals surface area contributed by atoms with Crippen LogP contribution >= 0.6 is 23.2 Å². The summed E-state index contributed by atoms with van der Waals surface area (Å²) >= 11 is 12.6. The quantitative estimate of drug-likeness (QED) is 0.600. The number of amides is 1. The fraction of sp³-hybridized carbons (Fsp3) is 0.500. The number of carbonyl (C=O) groups excluding carboxylic acids is 2. The van der Waals surface area contributed by atoms with E-state index < -0.39 is 11.9 Å². The molecule has 0 aromatic heterocycles. The minimum Gasteiger partial charge on any atom is -0.550 e. The van der Waals surface area contributed by atoms with Crippen molar-refractivity contribution in [2.45, 2.75) is 56.0 Å². The number of piperidine rings is 1. The van der Waals surface area contributed by atoms with Gasteiger partial charge >= 0.3 is 0 Å². The lowest BCUT2D eigenvalue weighted by atomic mass is 9.73. The normalized spacial score (nSPS) is 27.2. The lowest BCUT2D eigenvalue weighted by Crippen LogP contribution is -2.59. The number of hydrogen-bond acceptors (Lipinski definition) is 4. The standard InChI is InChI=1S/C24H30Cl2N2O3/c1-3-20(14-27-2)28-23(15-7-9-18(25)10-8-15)21(16-5-4-6-19(26)11-16)12-17(24(28)31)13-22(29)30/h4-9,11,17-18,20-21,23,27H,3,10,12-14H2,1-2H3,(H,29,30)/p-1. The number of aliphatic carboxylic acids is 1. The van der Waals surface area contributed by atoms with Crippen LogP contribution in [0.3, 0.4) is 0 Å². The molecule has 1 aromatic rings. The minimum absolute atomic E-state index is 0.0637. The van der Waals surface area contributed by atoms with Crippen LogP contribution in [0.1, 0.15) is 44.1 Å². The van der Waals surface area contributed by atoms with Crippen LogP contribution in [0.4, 0.5) is 0 Å². The molecule has 0 bridgehead atoms. The lowest BCUT2D eigenvalue weighted by molar-refractivity contribution is -0.307. The molecule has 168 valence electrons. The van der Waals surface area contributed by atoms with Crippen LogP contribution in [-0.4, -0.2) is 47.8 Å². The number of likely N-dealkylation sites (N-methyl/N-ethyl adjacent to an activating group) is 1. The molecule has 5 nitrogen and oxygen atoms in total. The highest BCUT2D eigenvalue weighted by Gasteiger charge is 2.45. The number of benzene rings is 1. The Balaban J connectivity index is 2.12.